The second kappa shape index (κ2) is 5.96. The van der Waals surface area contributed by atoms with Crippen molar-refractivity contribution in [3.8, 4) is 0 Å². The summed E-state index contributed by atoms with van der Waals surface area (Å²) in [5, 5.41) is 4.01. The zero-order valence-electron chi connectivity index (χ0n) is 10.2. The van der Waals surface area contributed by atoms with Crippen LogP contribution in [0.4, 0.5) is 0 Å². The molecule has 1 amide bonds. The molecule has 0 aliphatic carbocycles. The highest BCUT2D eigenvalue weighted by Crippen LogP contribution is 2.15. The molecule has 1 heterocycles. The number of nitrogens with one attached hydrogen (secondary N) is 1. The standard InChI is InChI=1S/C14H15BrN2O/c1-2-12(15)14(18)17-9-11-6-3-5-10-7-4-8-16-13(10)11/h3-8,12H,2,9H2,1H3,(H,17,18). The van der Waals surface area contributed by atoms with Gasteiger partial charge in [-0.25, -0.2) is 0 Å². The van der Waals surface area contributed by atoms with Gasteiger partial charge < -0.3 is 5.32 Å². The fraction of sp³-hybridized carbons (Fsp3) is 0.286. The van der Waals surface area contributed by atoms with Crippen molar-refractivity contribution < 1.29 is 4.79 Å². The number of amides is 1. The van der Waals surface area contributed by atoms with E-state index >= 15 is 0 Å². The zero-order valence-corrected chi connectivity index (χ0v) is 11.8. The third-order valence-corrected chi connectivity index (χ3v) is 3.88. The van der Waals surface area contributed by atoms with Crippen LogP contribution in [0.15, 0.2) is 36.5 Å². The van der Waals surface area contributed by atoms with Crippen molar-refractivity contribution in [2.24, 2.45) is 0 Å². The molecule has 0 saturated carbocycles. The first-order chi connectivity index (χ1) is 8.72. The summed E-state index contributed by atoms with van der Waals surface area (Å²) < 4.78 is 0. The minimum Gasteiger partial charge on any atom is -0.351 e. The number of benzene rings is 1. The Morgan fingerprint density at radius 3 is 2.94 bits per heavy atom. The second-order valence-electron chi connectivity index (χ2n) is 4.09. The van der Waals surface area contributed by atoms with Crippen LogP contribution in [0, 0.1) is 0 Å². The maximum atomic E-state index is 11.7. The van der Waals surface area contributed by atoms with Crippen molar-refractivity contribution in [3.63, 3.8) is 0 Å². The van der Waals surface area contributed by atoms with Crippen LogP contribution >= 0.6 is 15.9 Å². The molecule has 1 aromatic carbocycles. The molecule has 0 spiro atoms. The van der Waals surface area contributed by atoms with Gasteiger partial charge in [-0.15, -0.1) is 0 Å². The molecule has 1 N–H and O–H groups in total. The lowest BCUT2D eigenvalue weighted by Gasteiger charge is -2.10. The average Bonchev–Trinajstić information content (AvgIpc) is 2.43. The summed E-state index contributed by atoms with van der Waals surface area (Å²) in [6.07, 6.45) is 2.55. The van der Waals surface area contributed by atoms with E-state index in [1.807, 2.05) is 37.3 Å². The van der Waals surface area contributed by atoms with E-state index in [1.54, 1.807) is 6.20 Å². The second-order valence-corrected chi connectivity index (χ2v) is 5.19. The predicted octanol–water partition coefficient (Wildman–Crippen LogP) is 3.02. The lowest BCUT2D eigenvalue weighted by Crippen LogP contribution is -2.30. The van der Waals surface area contributed by atoms with Crippen molar-refractivity contribution in [2.75, 3.05) is 0 Å². The molecule has 1 unspecified atom stereocenters. The smallest absolute Gasteiger partial charge is 0.234 e. The van der Waals surface area contributed by atoms with Crippen LogP contribution in [0.5, 0.6) is 0 Å². The Morgan fingerprint density at radius 2 is 2.17 bits per heavy atom. The first-order valence-electron chi connectivity index (χ1n) is 5.96. The van der Waals surface area contributed by atoms with Crippen LogP contribution in [-0.4, -0.2) is 15.7 Å². The van der Waals surface area contributed by atoms with Gasteiger partial charge in [0, 0.05) is 18.1 Å². The molecule has 2 rings (SSSR count). The zero-order chi connectivity index (χ0) is 13.0. The Kier molecular flexibility index (Phi) is 4.31. The molecule has 0 saturated heterocycles. The molecule has 0 bridgehead atoms. The van der Waals surface area contributed by atoms with Gasteiger partial charge in [0.1, 0.15) is 0 Å². The predicted molar refractivity (Wildman–Crippen MR) is 76.6 cm³/mol. The molecule has 18 heavy (non-hydrogen) atoms. The number of hydrogen-bond donors (Lipinski definition) is 1. The highest BCUT2D eigenvalue weighted by molar-refractivity contribution is 9.10. The number of rotatable bonds is 4. The molecule has 94 valence electrons. The van der Waals surface area contributed by atoms with Gasteiger partial charge in [0.2, 0.25) is 5.91 Å². The minimum absolute atomic E-state index is 0.0189. The monoisotopic (exact) mass is 306 g/mol. The van der Waals surface area contributed by atoms with Crippen LogP contribution in [0.1, 0.15) is 18.9 Å². The first kappa shape index (κ1) is 13.0. The molecule has 3 nitrogen and oxygen atoms in total. The van der Waals surface area contributed by atoms with Crippen molar-refractivity contribution in [2.45, 2.75) is 24.7 Å². The molecular weight excluding hydrogens is 292 g/mol. The number of halogens is 1. The van der Waals surface area contributed by atoms with Gasteiger partial charge in [0.05, 0.1) is 10.3 Å². The van der Waals surface area contributed by atoms with Gasteiger partial charge in [-0.05, 0) is 18.1 Å². The van der Waals surface area contributed by atoms with Gasteiger partial charge >= 0.3 is 0 Å². The topological polar surface area (TPSA) is 42.0 Å². The Bertz CT molecular complexity index is 551. The molecule has 1 atom stereocenters. The van der Waals surface area contributed by atoms with Crippen molar-refractivity contribution in [3.05, 3.63) is 42.1 Å². The summed E-state index contributed by atoms with van der Waals surface area (Å²) in [7, 11) is 0. The first-order valence-corrected chi connectivity index (χ1v) is 6.88. The van der Waals surface area contributed by atoms with E-state index in [-0.39, 0.29) is 10.7 Å². The molecule has 0 aliphatic rings. The van der Waals surface area contributed by atoms with E-state index in [9.17, 15) is 4.79 Å². The quantitative estimate of drug-likeness (QED) is 0.882. The Balaban J connectivity index is 2.15. The van der Waals surface area contributed by atoms with Crippen LogP contribution < -0.4 is 5.32 Å². The SMILES string of the molecule is CCC(Br)C(=O)NCc1cccc2cccnc12. The number of alkyl halides is 1. The summed E-state index contributed by atoms with van der Waals surface area (Å²) >= 11 is 3.34. The number of aromatic nitrogens is 1. The summed E-state index contributed by atoms with van der Waals surface area (Å²) in [6.45, 7) is 2.48. The molecule has 0 fully saturated rings. The molecular formula is C14H15BrN2O. The summed E-state index contributed by atoms with van der Waals surface area (Å²) in [6, 6.07) is 9.93. The van der Waals surface area contributed by atoms with Crippen LogP contribution in [-0.2, 0) is 11.3 Å². The van der Waals surface area contributed by atoms with E-state index < -0.39 is 0 Å². The fourth-order valence-corrected chi connectivity index (χ4v) is 1.95. The molecule has 1 aromatic heterocycles. The normalized spacial score (nSPS) is 12.3. The van der Waals surface area contributed by atoms with Gasteiger partial charge in [-0.2, -0.15) is 0 Å². The maximum Gasteiger partial charge on any atom is 0.234 e. The summed E-state index contributed by atoms with van der Waals surface area (Å²) in [5.74, 6) is 0.0189. The minimum atomic E-state index is -0.125. The number of para-hydroxylation sites is 1. The third kappa shape index (κ3) is 2.88. The van der Waals surface area contributed by atoms with E-state index in [2.05, 4.69) is 26.2 Å². The maximum absolute atomic E-state index is 11.7. The van der Waals surface area contributed by atoms with Crippen LogP contribution in [0.3, 0.4) is 0 Å². The number of hydrogen-bond acceptors (Lipinski definition) is 2. The average molecular weight is 307 g/mol. The van der Waals surface area contributed by atoms with Gasteiger partial charge in [0.25, 0.3) is 0 Å². The van der Waals surface area contributed by atoms with E-state index in [1.165, 1.54) is 0 Å². The van der Waals surface area contributed by atoms with Gasteiger partial charge in [-0.1, -0.05) is 47.1 Å². The molecule has 2 aromatic rings. The Labute approximate surface area is 115 Å². The highest BCUT2D eigenvalue weighted by atomic mass is 79.9. The molecule has 0 aliphatic heterocycles. The van der Waals surface area contributed by atoms with Gasteiger partial charge in [0.15, 0.2) is 0 Å². The Hall–Kier alpha value is -1.42. The van der Waals surface area contributed by atoms with E-state index in [4.69, 9.17) is 0 Å². The van der Waals surface area contributed by atoms with Crippen molar-refractivity contribution in [1.82, 2.24) is 10.3 Å². The number of nitrogens with zero attached hydrogens (tertiary/aromatic N) is 1. The van der Waals surface area contributed by atoms with Crippen LogP contribution in [0.25, 0.3) is 10.9 Å². The van der Waals surface area contributed by atoms with Crippen molar-refractivity contribution >= 4 is 32.7 Å². The number of fused-ring (bicyclic) bond motifs is 1. The third-order valence-electron chi connectivity index (χ3n) is 2.81. The lowest BCUT2D eigenvalue weighted by atomic mass is 10.1. The summed E-state index contributed by atoms with van der Waals surface area (Å²) in [4.78, 5) is 15.9. The number of carbonyl (C=O) groups excluding carboxylic acids is 1. The van der Waals surface area contributed by atoms with E-state index in [0.717, 1.165) is 22.9 Å². The molecule has 4 heteroatoms. The number of carbonyl (C=O) groups is 1. The number of pyridine rings is 1. The van der Waals surface area contributed by atoms with Crippen molar-refractivity contribution in [1.29, 1.82) is 0 Å². The summed E-state index contributed by atoms with van der Waals surface area (Å²) in [5.41, 5.74) is 1.99. The van der Waals surface area contributed by atoms with Gasteiger partial charge in [-0.3, -0.25) is 9.78 Å². The lowest BCUT2D eigenvalue weighted by molar-refractivity contribution is -0.120. The largest absolute Gasteiger partial charge is 0.351 e. The highest BCUT2D eigenvalue weighted by Gasteiger charge is 2.12. The van der Waals surface area contributed by atoms with Crippen LogP contribution in [0.2, 0.25) is 0 Å². The Morgan fingerprint density at radius 1 is 1.39 bits per heavy atom. The fourth-order valence-electron chi connectivity index (χ4n) is 1.79. The van der Waals surface area contributed by atoms with E-state index in [0.29, 0.717) is 6.54 Å². The molecule has 0 radical (unpaired) electrons.